The van der Waals surface area contributed by atoms with Gasteiger partial charge in [0.2, 0.25) is 0 Å². The SMILES string of the molecule is [B]C[C@@H](CC)NCC. The lowest BCUT2D eigenvalue weighted by molar-refractivity contribution is 0.553. The number of hydrogen-bond acceptors (Lipinski definition) is 1. The Morgan fingerprint density at radius 2 is 2.12 bits per heavy atom. The summed E-state index contributed by atoms with van der Waals surface area (Å²) >= 11 is 0. The van der Waals surface area contributed by atoms with E-state index in [-0.39, 0.29) is 0 Å². The van der Waals surface area contributed by atoms with Crippen LogP contribution in [0.2, 0.25) is 6.32 Å². The van der Waals surface area contributed by atoms with E-state index in [1.165, 1.54) is 0 Å². The van der Waals surface area contributed by atoms with E-state index >= 15 is 0 Å². The van der Waals surface area contributed by atoms with Gasteiger partial charge in [0, 0.05) is 0 Å². The summed E-state index contributed by atoms with van der Waals surface area (Å²) < 4.78 is 0. The van der Waals surface area contributed by atoms with E-state index < -0.39 is 0 Å². The Morgan fingerprint density at radius 1 is 1.50 bits per heavy atom. The third-order valence-electron chi connectivity index (χ3n) is 1.27. The molecule has 0 aromatic rings. The second kappa shape index (κ2) is 5.17. The third kappa shape index (κ3) is 3.08. The molecule has 0 aromatic carbocycles. The highest BCUT2D eigenvalue weighted by molar-refractivity contribution is 6.08. The van der Waals surface area contributed by atoms with Gasteiger partial charge in [-0.25, -0.2) is 0 Å². The van der Waals surface area contributed by atoms with Gasteiger partial charge in [-0.15, -0.1) is 0 Å². The number of nitrogens with one attached hydrogen (secondary N) is 1. The molecule has 0 aromatic heterocycles. The number of hydrogen-bond donors (Lipinski definition) is 1. The highest BCUT2D eigenvalue weighted by Crippen LogP contribution is 1.92. The molecule has 0 fully saturated rings. The van der Waals surface area contributed by atoms with E-state index in [2.05, 4.69) is 19.2 Å². The van der Waals surface area contributed by atoms with Crippen LogP contribution in [0.25, 0.3) is 0 Å². The van der Waals surface area contributed by atoms with E-state index in [9.17, 15) is 0 Å². The first-order valence-corrected chi connectivity index (χ1v) is 3.28. The van der Waals surface area contributed by atoms with E-state index in [4.69, 9.17) is 7.85 Å². The van der Waals surface area contributed by atoms with Gasteiger partial charge in [0.15, 0.2) is 0 Å². The van der Waals surface area contributed by atoms with Crippen molar-refractivity contribution in [3.63, 3.8) is 0 Å². The summed E-state index contributed by atoms with van der Waals surface area (Å²) in [4.78, 5) is 0. The summed E-state index contributed by atoms with van der Waals surface area (Å²) in [7, 11) is 5.41. The fraction of sp³-hybridized carbons (Fsp3) is 1.00. The van der Waals surface area contributed by atoms with Gasteiger partial charge in [-0.05, 0) is 19.0 Å². The molecular formula is C6H14BN. The summed E-state index contributed by atoms with van der Waals surface area (Å²) in [5.41, 5.74) is 0. The summed E-state index contributed by atoms with van der Waals surface area (Å²) in [6.45, 7) is 5.26. The highest BCUT2D eigenvalue weighted by atomic mass is 14.9. The average Bonchev–Trinajstić information content (AvgIpc) is 1.83. The zero-order valence-corrected chi connectivity index (χ0v) is 5.78. The fourth-order valence-electron chi connectivity index (χ4n) is 0.683. The molecular weight excluding hydrogens is 96.9 g/mol. The van der Waals surface area contributed by atoms with Crippen LogP contribution in [0.15, 0.2) is 0 Å². The normalized spacial score (nSPS) is 13.8. The second-order valence-electron chi connectivity index (χ2n) is 1.90. The Labute approximate surface area is 53.3 Å². The maximum Gasteiger partial charge on any atom is 0.0674 e. The van der Waals surface area contributed by atoms with Gasteiger partial charge < -0.3 is 5.32 Å². The van der Waals surface area contributed by atoms with Gasteiger partial charge in [-0.2, -0.15) is 0 Å². The van der Waals surface area contributed by atoms with Crippen LogP contribution in [0, 0.1) is 0 Å². The molecule has 0 unspecified atom stereocenters. The molecule has 2 radical (unpaired) electrons. The van der Waals surface area contributed by atoms with Crippen LogP contribution >= 0.6 is 0 Å². The predicted molar refractivity (Wildman–Crippen MR) is 38.3 cm³/mol. The Balaban J connectivity index is 3.07. The molecule has 0 bridgehead atoms. The Hall–Kier alpha value is 0.0249. The van der Waals surface area contributed by atoms with Gasteiger partial charge in [0.1, 0.15) is 0 Å². The number of rotatable bonds is 4. The first-order valence-electron chi connectivity index (χ1n) is 3.28. The molecule has 0 rings (SSSR count). The Morgan fingerprint density at radius 3 is 2.25 bits per heavy atom. The zero-order chi connectivity index (χ0) is 6.41. The van der Waals surface area contributed by atoms with Crippen LogP contribution in [0.1, 0.15) is 20.3 Å². The lowest BCUT2D eigenvalue weighted by Gasteiger charge is -2.11. The maximum absolute atomic E-state index is 5.41. The van der Waals surface area contributed by atoms with Crippen molar-refractivity contribution in [2.45, 2.75) is 32.6 Å². The average molecular weight is 111 g/mol. The van der Waals surface area contributed by atoms with Crippen LogP contribution < -0.4 is 5.32 Å². The molecule has 0 saturated heterocycles. The van der Waals surface area contributed by atoms with Crippen LogP contribution in [-0.2, 0) is 0 Å². The lowest BCUT2D eigenvalue weighted by Crippen LogP contribution is -2.27. The van der Waals surface area contributed by atoms with E-state index in [1.807, 2.05) is 0 Å². The van der Waals surface area contributed by atoms with Crippen molar-refractivity contribution in [3.8, 4) is 0 Å². The van der Waals surface area contributed by atoms with Crippen LogP contribution in [0.4, 0.5) is 0 Å². The Kier molecular flexibility index (Phi) is 5.18. The predicted octanol–water partition coefficient (Wildman–Crippen LogP) is 0.961. The molecule has 2 heteroatoms. The highest BCUT2D eigenvalue weighted by Gasteiger charge is 1.96. The van der Waals surface area contributed by atoms with Crippen molar-refractivity contribution in [1.29, 1.82) is 0 Å². The van der Waals surface area contributed by atoms with Crippen LogP contribution in [0.5, 0.6) is 0 Å². The minimum Gasteiger partial charge on any atom is -0.315 e. The molecule has 0 amide bonds. The third-order valence-corrected chi connectivity index (χ3v) is 1.27. The monoisotopic (exact) mass is 111 g/mol. The molecule has 0 saturated carbocycles. The van der Waals surface area contributed by atoms with Crippen LogP contribution in [0.3, 0.4) is 0 Å². The molecule has 1 atom stereocenters. The minimum absolute atomic E-state index is 0.528. The molecule has 46 valence electrons. The quantitative estimate of drug-likeness (QED) is 0.533. The zero-order valence-electron chi connectivity index (χ0n) is 5.78. The lowest BCUT2D eigenvalue weighted by atomic mass is 9.96. The van der Waals surface area contributed by atoms with Crippen molar-refractivity contribution in [2.75, 3.05) is 6.54 Å². The van der Waals surface area contributed by atoms with Gasteiger partial charge in [-0.1, -0.05) is 20.2 Å². The summed E-state index contributed by atoms with van der Waals surface area (Å²) in [5, 5.41) is 3.26. The van der Waals surface area contributed by atoms with Gasteiger partial charge >= 0.3 is 0 Å². The van der Waals surface area contributed by atoms with E-state index in [0.29, 0.717) is 6.04 Å². The standard InChI is InChI=1S/C6H14BN/c1-3-6(5-7)8-4-2/h6,8H,3-5H2,1-2H3/t6-/m1/s1. The van der Waals surface area contributed by atoms with Crippen molar-refractivity contribution in [1.82, 2.24) is 5.32 Å². The maximum atomic E-state index is 5.41. The van der Waals surface area contributed by atoms with Crippen LogP contribution in [-0.4, -0.2) is 20.4 Å². The fourth-order valence-corrected chi connectivity index (χ4v) is 0.683. The molecule has 1 N–H and O–H groups in total. The molecule has 1 nitrogen and oxygen atoms in total. The van der Waals surface area contributed by atoms with Gasteiger partial charge in [0.05, 0.1) is 7.85 Å². The molecule has 0 aliphatic heterocycles. The van der Waals surface area contributed by atoms with Crippen molar-refractivity contribution in [2.24, 2.45) is 0 Å². The Bertz CT molecular complexity index is 43.8. The van der Waals surface area contributed by atoms with Crippen molar-refractivity contribution >= 4 is 7.85 Å². The first-order chi connectivity index (χ1) is 3.85. The largest absolute Gasteiger partial charge is 0.315 e. The van der Waals surface area contributed by atoms with Gasteiger partial charge in [-0.3, -0.25) is 0 Å². The molecule has 0 spiro atoms. The molecule has 8 heavy (non-hydrogen) atoms. The topological polar surface area (TPSA) is 12.0 Å². The second-order valence-corrected chi connectivity index (χ2v) is 1.90. The summed E-state index contributed by atoms with van der Waals surface area (Å²) in [6, 6.07) is 0.528. The van der Waals surface area contributed by atoms with E-state index in [0.717, 1.165) is 19.3 Å². The van der Waals surface area contributed by atoms with E-state index in [1.54, 1.807) is 0 Å². The van der Waals surface area contributed by atoms with Gasteiger partial charge in [0.25, 0.3) is 0 Å². The smallest absolute Gasteiger partial charge is 0.0674 e. The summed E-state index contributed by atoms with van der Waals surface area (Å²) in [6.07, 6.45) is 1.88. The van der Waals surface area contributed by atoms with Crippen molar-refractivity contribution in [3.05, 3.63) is 0 Å². The summed E-state index contributed by atoms with van der Waals surface area (Å²) in [5.74, 6) is 0. The molecule has 0 aliphatic carbocycles. The first kappa shape index (κ1) is 8.02. The molecule has 0 heterocycles. The molecule has 0 aliphatic rings. The minimum atomic E-state index is 0.528. The van der Waals surface area contributed by atoms with Crippen molar-refractivity contribution < 1.29 is 0 Å².